The zero-order valence-electron chi connectivity index (χ0n) is 49.1. The van der Waals surface area contributed by atoms with E-state index in [4.69, 9.17) is 38.8 Å². The molecule has 0 spiro atoms. The molecule has 20 nitrogen and oxygen atoms in total. The van der Waals surface area contributed by atoms with E-state index in [1.807, 2.05) is 19.9 Å². The first-order chi connectivity index (χ1) is 36.8. The van der Waals surface area contributed by atoms with Crippen molar-refractivity contribution < 1.29 is 92.2 Å². The van der Waals surface area contributed by atoms with Crippen molar-refractivity contribution in [2.24, 2.45) is 29.6 Å². The summed E-state index contributed by atoms with van der Waals surface area (Å²) in [6, 6.07) is 17.2. The number of aliphatic hydroxyl groups excluding tert-OH is 1. The Morgan fingerprint density at radius 2 is 1.23 bits per heavy atom. The van der Waals surface area contributed by atoms with Crippen LogP contribution in [0.1, 0.15) is 143 Å². The summed E-state index contributed by atoms with van der Waals surface area (Å²) in [6.45, 7) is 13.1. The molecule has 1 aliphatic heterocycles. The van der Waals surface area contributed by atoms with Gasteiger partial charge in [0.15, 0.2) is 12.6 Å². The number of nitriles is 2. The third-order valence-electron chi connectivity index (χ3n) is 14.7. The molecule has 2 aromatic heterocycles. The molecule has 1 saturated heterocycles. The van der Waals surface area contributed by atoms with E-state index in [-0.39, 0.29) is 111 Å². The van der Waals surface area contributed by atoms with E-state index < -0.39 is 15.7 Å². The van der Waals surface area contributed by atoms with Crippen LogP contribution in [0.3, 0.4) is 0 Å². The average Bonchev–Trinajstić information content (AvgIpc) is 4.21. The fraction of sp³-hybridized carbons (Fsp3) is 0.621. The summed E-state index contributed by atoms with van der Waals surface area (Å²) in [5.41, 5.74) is 2.32. The largest absolute Gasteiger partial charge is 2.00 e. The van der Waals surface area contributed by atoms with E-state index in [9.17, 15) is 37.5 Å². The Bertz CT molecular complexity index is 2570. The van der Waals surface area contributed by atoms with Gasteiger partial charge in [0.05, 0.1) is 71.3 Å². The SMILES string of the molecule is C1CCOC1.COC(=O)C1CC(=O)C1.COC(=O)C1CC(C)(O)C1.COC1(C)CC(CO)C1.COC1(C)CC(COS(=O)(=O)c2ccc(C)cc2)C1.COC1(C)CC(Cn2c(C#N)ccc2C=O)C1.N#Cc1ccc(C=O)[nH]1.[Br-].[CH3-].[Mg+2]. The van der Waals surface area contributed by atoms with Gasteiger partial charge in [0.1, 0.15) is 29.3 Å². The Hall–Kier alpha value is -4.37. The Kier molecular flexibility index (Phi) is 34.4. The zero-order chi connectivity index (χ0) is 58.3. The molecule has 0 atom stereocenters. The van der Waals surface area contributed by atoms with Gasteiger partial charge in [-0.3, -0.25) is 28.2 Å². The second-order valence-electron chi connectivity index (χ2n) is 21.7. The summed E-state index contributed by atoms with van der Waals surface area (Å²) in [6.07, 6.45) is 11.5. The number of hydrogen-bond acceptors (Lipinski definition) is 18. The Labute approximate surface area is 506 Å². The molecule has 3 N–H and O–H groups in total. The molecular formula is C58H85BrMgN4O16S. The molecule has 3 aromatic rings. The number of esters is 2. The number of carbonyl (C=O) groups is 5. The number of H-pyrrole nitrogens is 1. The molecule has 448 valence electrons. The van der Waals surface area contributed by atoms with Crippen LogP contribution in [0.5, 0.6) is 0 Å². The van der Waals surface area contributed by atoms with Gasteiger partial charge in [-0.05, 0) is 153 Å². The Balaban J connectivity index is 0.000000948. The summed E-state index contributed by atoms with van der Waals surface area (Å²) in [5.74, 6) is 0.729. The third-order valence-corrected chi connectivity index (χ3v) is 16.0. The van der Waals surface area contributed by atoms with Crippen LogP contribution in [-0.4, -0.2) is 166 Å². The number of halogens is 1. The minimum atomic E-state index is -3.63. The fourth-order valence-corrected chi connectivity index (χ4v) is 10.7. The number of ether oxygens (including phenoxy) is 6. The third kappa shape index (κ3) is 25.2. The number of aliphatic hydroxyl groups is 2. The maximum Gasteiger partial charge on any atom is 2.00 e. The molecule has 0 unspecified atom stereocenters. The van der Waals surface area contributed by atoms with Crippen LogP contribution in [-0.2, 0) is 63.7 Å². The van der Waals surface area contributed by atoms with Gasteiger partial charge in [0.2, 0.25) is 0 Å². The van der Waals surface area contributed by atoms with Crippen LogP contribution in [0, 0.1) is 66.6 Å². The number of hydrogen-bond donors (Lipinski definition) is 3. The molecule has 81 heavy (non-hydrogen) atoms. The molecule has 0 radical (unpaired) electrons. The molecule has 0 amide bonds. The molecule has 5 aliphatic carbocycles. The predicted molar refractivity (Wildman–Crippen MR) is 299 cm³/mol. The zero-order valence-corrected chi connectivity index (χ0v) is 52.9. The van der Waals surface area contributed by atoms with Gasteiger partial charge < -0.3 is 72.6 Å². The number of aldehydes is 2. The van der Waals surface area contributed by atoms with Crippen molar-refractivity contribution in [1.82, 2.24) is 9.55 Å². The number of nitrogens with zero attached hydrogens (tertiary/aromatic N) is 3. The van der Waals surface area contributed by atoms with E-state index in [2.05, 4.69) is 34.4 Å². The average molecular weight is 1230 g/mol. The minimum Gasteiger partial charge on any atom is -1.00 e. The van der Waals surface area contributed by atoms with Gasteiger partial charge in [0, 0.05) is 60.5 Å². The quantitative estimate of drug-likeness (QED) is 0.0666. The van der Waals surface area contributed by atoms with Crippen molar-refractivity contribution >= 4 is 63.5 Å². The molecule has 0 bridgehead atoms. The van der Waals surface area contributed by atoms with Gasteiger partial charge in [-0.2, -0.15) is 18.9 Å². The van der Waals surface area contributed by atoms with Gasteiger partial charge in [-0.15, -0.1) is 0 Å². The van der Waals surface area contributed by atoms with Crippen LogP contribution in [0.2, 0.25) is 0 Å². The summed E-state index contributed by atoms with van der Waals surface area (Å²) in [7, 11) is 4.21. The number of rotatable bonds is 14. The maximum atomic E-state index is 12.0. The van der Waals surface area contributed by atoms with Gasteiger partial charge in [-0.25, -0.2) is 0 Å². The van der Waals surface area contributed by atoms with Crippen molar-refractivity contribution in [2.45, 2.75) is 146 Å². The molecule has 6 fully saturated rings. The van der Waals surface area contributed by atoms with E-state index in [1.165, 1.54) is 27.1 Å². The maximum absolute atomic E-state index is 12.0. The van der Waals surface area contributed by atoms with Crippen LogP contribution in [0.25, 0.3) is 0 Å². The number of aryl methyl sites for hydroxylation is 1. The smallest absolute Gasteiger partial charge is 1.00 e. The van der Waals surface area contributed by atoms with Crippen molar-refractivity contribution in [3.8, 4) is 12.1 Å². The topological polar surface area (TPSA) is 293 Å². The van der Waals surface area contributed by atoms with Gasteiger partial charge >= 0.3 is 35.0 Å². The molecular weight excluding hydrogens is 1140 g/mol. The second-order valence-corrected chi connectivity index (χ2v) is 23.3. The number of benzene rings is 1. The number of nitrogens with one attached hydrogen (secondary N) is 1. The summed E-state index contributed by atoms with van der Waals surface area (Å²) >= 11 is 0. The van der Waals surface area contributed by atoms with Crippen LogP contribution in [0.4, 0.5) is 0 Å². The number of carbonyl (C=O) groups excluding carboxylic acids is 5. The van der Waals surface area contributed by atoms with E-state index in [1.54, 1.807) is 81.4 Å². The second kappa shape index (κ2) is 36.4. The molecule has 6 aliphatic rings. The summed E-state index contributed by atoms with van der Waals surface area (Å²) < 4.78 is 60.6. The van der Waals surface area contributed by atoms with Gasteiger partial charge in [0.25, 0.3) is 10.1 Å². The van der Waals surface area contributed by atoms with Crippen LogP contribution < -0.4 is 17.0 Å². The first-order valence-corrected chi connectivity index (χ1v) is 27.5. The first-order valence-electron chi connectivity index (χ1n) is 26.1. The van der Waals surface area contributed by atoms with Crippen molar-refractivity contribution in [2.75, 3.05) is 62.0 Å². The van der Waals surface area contributed by atoms with Crippen molar-refractivity contribution in [3.63, 3.8) is 0 Å². The molecule has 3 heterocycles. The Morgan fingerprint density at radius 3 is 1.60 bits per heavy atom. The van der Waals surface area contributed by atoms with Crippen molar-refractivity contribution in [1.29, 1.82) is 10.5 Å². The van der Waals surface area contributed by atoms with Crippen LogP contribution in [0.15, 0.2) is 53.4 Å². The Morgan fingerprint density at radius 1 is 0.741 bits per heavy atom. The fourth-order valence-electron chi connectivity index (χ4n) is 9.68. The number of Topliss-reactive ketones (excluding diaryl/α,β-unsaturated/α-hetero) is 1. The van der Waals surface area contributed by atoms with E-state index >= 15 is 0 Å². The molecule has 23 heteroatoms. The van der Waals surface area contributed by atoms with Crippen molar-refractivity contribution in [3.05, 3.63) is 84.3 Å². The van der Waals surface area contributed by atoms with E-state index in [0.29, 0.717) is 73.2 Å². The van der Waals surface area contributed by atoms with Gasteiger partial charge in [-0.1, -0.05) is 17.7 Å². The van der Waals surface area contributed by atoms with E-state index in [0.717, 1.165) is 70.1 Å². The standard InChI is InChI=1S/C14H20O4S.C13H16N2O2.C7H12O3.C7H14O2.C6H4N2O.C6H8O3.C4H8O.CH3.BrH.Mg/c1-11-4-6-13(7-5-11)19(15,16)18-10-12-8-14(2,9-12)17-3;1-13(17-2)5-10(6-13)8-15-11(7-14)3-4-12(15)9-16;1-7(9)3-5(4-7)6(8)10-2;1-7(9-2)3-6(4-7)5-8;7-3-5-1-2-6(4-9)8-5;1-9-6(8)4-2-5(7)3-4;1-2-4-5-3-1;;;/h4-7,12H,8-10H2,1-3H3;3-4,9-10H,5-6,8H2,1-2H3;5,9H,3-4H2,1-2H3;6,8H,3-5H2,1-2H3;1-2,4,8H;4H,2-3H2,1H3;1-4H2;1H3;1H;/q;;;;;;;-1;;+2/p-1. The number of methoxy groups -OCH3 is 5. The number of ketones is 1. The molecule has 5 saturated carbocycles. The summed E-state index contributed by atoms with van der Waals surface area (Å²) in [5, 5.41) is 35.1. The minimum absolute atomic E-state index is 0. The first kappa shape index (κ1) is 76.6. The number of aromatic amines is 1. The monoisotopic (exact) mass is 1230 g/mol. The summed E-state index contributed by atoms with van der Waals surface area (Å²) in [4.78, 5) is 55.3. The predicted octanol–water partition coefficient (Wildman–Crippen LogP) is 4.32. The molecule has 1 aromatic carbocycles. The number of aromatic nitrogens is 2. The molecule has 9 rings (SSSR count). The van der Waals surface area contributed by atoms with Crippen LogP contribution >= 0.6 is 0 Å². The normalized spacial score (nSPS) is 26.0.